The summed E-state index contributed by atoms with van der Waals surface area (Å²) in [6, 6.07) is 20.6. The smallest absolute Gasteiger partial charge is 0.258 e. The summed E-state index contributed by atoms with van der Waals surface area (Å²) >= 11 is 4.82. The maximum absolute atomic E-state index is 13.4. The third-order valence-electron chi connectivity index (χ3n) is 5.69. The summed E-state index contributed by atoms with van der Waals surface area (Å²) in [7, 11) is 0. The Hall–Kier alpha value is -4.02. The largest absolute Gasteiger partial charge is 0.399 e. The molecule has 0 spiro atoms. The average molecular weight is 587 g/mol. The van der Waals surface area contributed by atoms with Gasteiger partial charge in [-0.3, -0.25) is 4.79 Å². The lowest BCUT2D eigenvalue weighted by atomic mass is 10.1. The Bertz CT molecular complexity index is 1610. The fourth-order valence-corrected chi connectivity index (χ4v) is 4.96. The van der Waals surface area contributed by atoms with Crippen LogP contribution in [0, 0.1) is 0 Å². The number of pyridine rings is 2. The van der Waals surface area contributed by atoms with E-state index in [4.69, 9.17) is 10.7 Å². The van der Waals surface area contributed by atoms with Crippen molar-refractivity contribution in [2.45, 2.75) is 29.6 Å². The Balaban J connectivity index is 1.55. The van der Waals surface area contributed by atoms with Crippen LogP contribution in [0.5, 0.6) is 0 Å². The molecule has 10 heteroatoms. The Morgan fingerprint density at radius 2 is 1.79 bits per heavy atom. The van der Waals surface area contributed by atoms with Gasteiger partial charge in [-0.2, -0.15) is 0 Å². The number of nitrogens with one attached hydrogen (secondary N) is 2. The fraction of sp³-hybridized carbons (Fsp3) is 0.107. The van der Waals surface area contributed by atoms with Crippen LogP contribution in [0.4, 0.5) is 23.0 Å². The molecule has 8 nitrogen and oxygen atoms in total. The van der Waals surface area contributed by atoms with Gasteiger partial charge in [-0.1, -0.05) is 31.7 Å². The van der Waals surface area contributed by atoms with Crippen LogP contribution in [0.2, 0.25) is 0 Å². The lowest BCUT2D eigenvalue weighted by molar-refractivity contribution is 0.102. The van der Waals surface area contributed by atoms with Crippen molar-refractivity contribution in [1.82, 2.24) is 19.9 Å². The van der Waals surface area contributed by atoms with E-state index in [1.165, 1.54) is 18.1 Å². The van der Waals surface area contributed by atoms with E-state index in [0.29, 0.717) is 28.5 Å². The van der Waals surface area contributed by atoms with Gasteiger partial charge in [0.05, 0.1) is 16.6 Å². The molecule has 3 aromatic heterocycles. The number of rotatable bonds is 7. The van der Waals surface area contributed by atoms with Gasteiger partial charge in [0.15, 0.2) is 5.65 Å². The van der Waals surface area contributed by atoms with E-state index in [-0.39, 0.29) is 11.8 Å². The number of fused-ring (bicyclic) bond motifs is 1. The normalized spacial score (nSPS) is 11.1. The lowest BCUT2D eigenvalue weighted by Gasteiger charge is -2.16. The van der Waals surface area contributed by atoms with Gasteiger partial charge in [0.1, 0.15) is 18.0 Å². The summed E-state index contributed by atoms with van der Waals surface area (Å²) in [5.74, 6) is 1.05. The molecule has 0 radical (unpaired) electrons. The topological polar surface area (TPSA) is 119 Å². The Morgan fingerprint density at radius 3 is 2.53 bits per heavy atom. The zero-order valence-electron chi connectivity index (χ0n) is 20.6. The van der Waals surface area contributed by atoms with E-state index in [0.717, 1.165) is 31.0 Å². The second kappa shape index (κ2) is 11.2. The van der Waals surface area contributed by atoms with Crippen molar-refractivity contribution in [3.63, 3.8) is 0 Å². The molecule has 5 aromatic rings. The first kappa shape index (κ1) is 25.6. The van der Waals surface area contributed by atoms with Crippen molar-refractivity contribution in [3.05, 3.63) is 95.0 Å². The molecule has 190 valence electrons. The number of aromatic nitrogens is 4. The third kappa shape index (κ3) is 5.76. The number of anilines is 4. The minimum atomic E-state index is -0.280. The summed E-state index contributed by atoms with van der Waals surface area (Å²) in [4.78, 5) is 32.9. The van der Waals surface area contributed by atoms with Crippen LogP contribution in [0.25, 0.3) is 11.0 Å². The monoisotopic (exact) mass is 585 g/mol. The van der Waals surface area contributed by atoms with Crippen molar-refractivity contribution in [2.75, 3.05) is 16.4 Å². The standard InChI is InChI=1S/C28H24BrN7OS/c1-16(2)22-12-11-21-26(34-22)32-15-33-27(21)35-23-5-3-4-20(25(23)38-19-9-7-18(30)8-10-19)28(37)36-24-13-6-17(29)14-31-24/h3-16H,30H2,1-2H3,(H,31,36,37)(H,32,33,34,35). The number of carbonyl (C=O) groups excluding carboxylic acids is 1. The third-order valence-corrected chi connectivity index (χ3v) is 7.31. The van der Waals surface area contributed by atoms with Crippen LogP contribution < -0.4 is 16.4 Å². The maximum atomic E-state index is 13.4. The highest BCUT2D eigenvalue weighted by Gasteiger charge is 2.19. The molecule has 0 atom stereocenters. The summed E-state index contributed by atoms with van der Waals surface area (Å²) in [6.07, 6.45) is 3.13. The van der Waals surface area contributed by atoms with E-state index < -0.39 is 0 Å². The predicted octanol–water partition coefficient (Wildman–Crippen LogP) is 7.04. The highest BCUT2D eigenvalue weighted by Crippen LogP contribution is 2.39. The first-order valence-electron chi connectivity index (χ1n) is 11.9. The molecule has 0 aliphatic heterocycles. The van der Waals surface area contributed by atoms with Crippen molar-refractivity contribution in [3.8, 4) is 0 Å². The zero-order valence-corrected chi connectivity index (χ0v) is 23.0. The number of carbonyl (C=O) groups is 1. The van der Waals surface area contributed by atoms with Gasteiger partial charge in [-0.05, 0) is 82.5 Å². The molecule has 0 fully saturated rings. The predicted molar refractivity (Wildman–Crippen MR) is 156 cm³/mol. The molecule has 3 heterocycles. The Kier molecular flexibility index (Phi) is 7.52. The molecule has 0 saturated carbocycles. The zero-order chi connectivity index (χ0) is 26.6. The molecule has 38 heavy (non-hydrogen) atoms. The van der Waals surface area contributed by atoms with Crippen molar-refractivity contribution < 1.29 is 4.79 Å². The fourth-order valence-electron chi connectivity index (χ4n) is 3.72. The first-order valence-corrected chi connectivity index (χ1v) is 13.5. The molecular weight excluding hydrogens is 562 g/mol. The van der Waals surface area contributed by atoms with Crippen LogP contribution in [-0.2, 0) is 0 Å². The van der Waals surface area contributed by atoms with Gasteiger partial charge in [0.25, 0.3) is 5.91 Å². The number of amides is 1. The Labute approximate surface area is 232 Å². The van der Waals surface area contributed by atoms with Crippen LogP contribution >= 0.6 is 27.7 Å². The molecule has 0 bridgehead atoms. The number of halogens is 1. The number of nitrogens with two attached hydrogens (primary N) is 1. The number of hydrogen-bond acceptors (Lipinski definition) is 8. The lowest BCUT2D eigenvalue weighted by Crippen LogP contribution is -2.14. The van der Waals surface area contributed by atoms with E-state index >= 15 is 0 Å². The Morgan fingerprint density at radius 1 is 0.974 bits per heavy atom. The summed E-state index contributed by atoms with van der Waals surface area (Å²) < 4.78 is 0.827. The molecule has 2 aromatic carbocycles. The molecule has 1 amide bonds. The molecule has 5 rings (SSSR count). The van der Waals surface area contributed by atoms with Crippen LogP contribution in [-0.4, -0.2) is 25.8 Å². The first-order chi connectivity index (χ1) is 18.4. The minimum absolute atomic E-state index is 0.280. The molecule has 0 unspecified atom stereocenters. The number of hydrogen-bond donors (Lipinski definition) is 3. The van der Waals surface area contributed by atoms with E-state index in [1.54, 1.807) is 18.3 Å². The number of nitrogens with zero attached hydrogens (tertiary/aromatic N) is 4. The van der Waals surface area contributed by atoms with Gasteiger partial charge >= 0.3 is 0 Å². The van der Waals surface area contributed by atoms with Crippen LogP contribution in [0.15, 0.2) is 93.5 Å². The second-order valence-corrected chi connectivity index (χ2v) is 10.8. The number of benzene rings is 2. The molecular formula is C28H24BrN7OS. The van der Waals surface area contributed by atoms with Gasteiger partial charge in [0.2, 0.25) is 0 Å². The van der Waals surface area contributed by atoms with Gasteiger partial charge in [0, 0.05) is 31.8 Å². The van der Waals surface area contributed by atoms with Crippen LogP contribution in [0.1, 0.15) is 35.8 Å². The van der Waals surface area contributed by atoms with Gasteiger partial charge < -0.3 is 16.4 Å². The number of nitrogen functional groups attached to an aromatic ring is 1. The van der Waals surface area contributed by atoms with Crippen molar-refractivity contribution in [1.29, 1.82) is 0 Å². The molecule has 0 saturated heterocycles. The molecule has 0 aliphatic carbocycles. The SMILES string of the molecule is CC(C)c1ccc2c(Nc3cccc(C(=O)Nc4ccc(Br)cn4)c3Sc3ccc(N)cc3)ncnc2n1. The van der Waals surface area contributed by atoms with E-state index in [2.05, 4.69) is 55.4 Å². The minimum Gasteiger partial charge on any atom is -0.399 e. The van der Waals surface area contributed by atoms with E-state index in [9.17, 15) is 4.79 Å². The summed E-state index contributed by atoms with van der Waals surface area (Å²) in [6.45, 7) is 4.19. The van der Waals surface area contributed by atoms with Crippen molar-refractivity contribution >= 4 is 67.6 Å². The highest BCUT2D eigenvalue weighted by atomic mass is 79.9. The quantitative estimate of drug-likeness (QED) is 0.174. The molecule has 4 N–H and O–H groups in total. The highest BCUT2D eigenvalue weighted by molar-refractivity contribution is 9.10. The van der Waals surface area contributed by atoms with Crippen molar-refractivity contribution in [2.24, 2.45) is 0 Å². The second-order valence-electron chi connectivity index (χ2n) is 8.78. The van der Waals surface area contributed by atoms with Gasteiger partial charge in [-0.25, -0.2) is 19.9 Å². The molecule has 0 aliphatic rings. The summed E-state index contributed by atoms with van der Waals surface area (Å²) in [5.41, 5.74) is 9.33. The average Bonchev–Trinajstić information content (AvgIpc) is 2.92. The maximum Gasteiger partial charge on any atom is 0.258 e. The van der Waals surface area contributed by atoms with E-state index in [1.807, 2.05) is 54.6 Å². The van der Waals surface area contributed by atoms with Gasteiger partial charge in [-0.15, -0.1) is 0 Å². The summed E-state index contributed by atoms with van der Waals surface area (Å²) in [5, 5.41) is 7.10. The van der Waals surface area contributed by atoms with Crippen LogP contribution in [0.3, 0.4) is 0 Å².